The van der Waals surface area contributed by atoms with Crippen LogP contribution in [-0.2, 0) is 16.0 Å². The summed E-state index contributed by atoms with van der Waals surface area (Å²) >= 11 is 0. The van der Waals surface area contributed by atoms with E-state index in [0.29, 0.717) is 19.4 Å². The maximum atomic E-state index is 12.4. The van der Waals surface area contributed by atoms with Crippen LogP contribution in [0.1, 0.15) is 57.4 Å². The molecule has 1 aromatic carbocycles. The fourth-order valence-corrected chi connectivity index (χ4v) is 3.16. The Morgan fingerprint density at radius 1 is 1.17 bits per heavy atom. The van der Waals surface area contributed by atoms with Crippen LogP contribution in [0.5, 0.6) is 0 Å². The molecule has 1 saturated carbocycles. The minimum absolute atomic E-state index is 0.0362. The number of nitrogens with two attached hydrogens (primary N) is 1. The summed E-state index contributed by atoms with van der Waals surface area (Å²) < 4.78 is 0. The first kappa shape index (κ1) is 18.5. The lowest BCUT2D eigenvalue weighted by Gasteiger charge is -2.21. The average molecular weight is 331 g/mol. The van der Waals surface area contributed by atoms with Gasteiger partial charge in [0.25, 0.3) is 0 Å². The van der Waals surface area contributed by atoms with Gasteiger partial charge in [-0.1, -0.05) is 32.3 Å². The maximum absolute atomic E-state index is 12.4. The number of rotatable bonds is 7. The van der Waals surface area contributed by atoms with Crippen LogP contribution in [0, 0.1) is 5.92 Å². The molecule has 1 fully saturated rings. The molecule has 0 aromatic heterocycles. The molecule has 0 spiro atoms. The third-order valence-electron chi connectivity index (χ3n) is 4.62. The van der Waals surface area contributed by atoms with Gasteiger partial charge in [-0.05, 0) is 49.9 Å². The molecule has 5 heteroatoms. The van der Waals surface area contributed by atoms with E-state index in [1.54, 1.807) is 0 Å². The van der Waals surface area contributed by atoms with Crippen molar-refractivity contribution in [3.05, 3.63) is 23.8 Å². The van der Waals surface area contributed by atoms with Crippen molar-refractivity contribution < 1.29 is 9.59 Å². The monoisotopic (exact) mass is 331 g/mol. The van der Waals surface area contributed by atoms with Gasteiger partial charge in [0.1, 0.15) is 0 Å². The SMILES string of the molecule is CCc1ccc(NC(=O)C2CCCCC2)cc1NC(=O)CCCN. The number of hydrogen-bond acceptors (Lipinski definition) is 3. The van der Waals surface area contributed by atoms with Crippen molar-refractivity contribution in [3.63, 3.8) is 0 Å². The Kier molecular flexibility index (Phi) is 7.25. The van der Waals surface area contributed by atoms with Crippen LogP contribution in [0.2, 0.25) is 0 Å². The first-order valence-electron chi connectivity index (χ1n) is 9.07. The number of amides is 2. The predicted molar refractivity (Wildman–Crippen MR) is 97.9 cm³/mol. The van der Waals surface area contributed by atoms with Crippen LogP contribution in [0.3, 0.4) is 0 Å². The minimum Gasteiger partial charge on any atom is -0.330 e. The second-order valence-electron chi connectivity index (χ2n) is 6.49. The summed E-state index contributed by atoms with van der Waals surface area (Å²) in [4.78, 5) is 24.4. The molecule has 2 rings (SSSR count). The van der Waals surface area contributed by atoms with Gasteiger partial charge in [-0.2, -0.15) is 0 Å². The fraction of sp³-hybridized carbons (Fsp3) is 0.579. The third-order valence-corrected chi connectivity index (χ3v) is 4.62. The van der Waals surface area contributed by atoms with Gasteiger partial charge >= 0.3 is 0 Å². The Labute approximate surface area is 144 Å². The van der Waals surface area contributed by atoms with Gasteiger partial charge in [0, 0.05) is 23.7 Å². The second-order valence-corrected chi connectivity index (χ2v) is 6.49. The van der Waals surface area contributed by atoms with Crippen molar-refractivity contribution in [2.75, 3.05) is 17.2 Å². The number of benzene rings is 1. The van der Waals surface area contributed by atoms with Crippen LogP contribution in [-0.4, -0.2) is 18.4 Å². The molecule has 132 valence electrons. The van der Waals surface area contributed by atoms with Gasteiger partial charge in [0.15, 0.2) is 0 Å². The molecular formula is C19H29N3O2. The normalized spacial score (nSPS) is 15.1. The molecule has 0 aliphatic heterocycles. The van der Waals surface area contributed by atoms with E-state index in [2.05, 4.69) is 10.6 Å². The predicted octanol–water partition coefficient (Wildman–Crippen LogP) is 3.45. The van der Waals surface area contributed by atoms with Crippen molar-refractivity contribution in [1.82, 2.24) is 0 Å². The van der Waals surface area contributed by atoms with Gasteiger partial charge in [-0.25, -0.2) is 0 Å². The highest BCUT2D eigenvalue weighted by atomic mass is 16.2. The van der Waals surface area contributed by atoms with Gasteiger partial charge in [0.2, 0.25) is 11.8 Å². The molecule has 0 radical (unpaired) electrons. The van der Waals surface area contributed by atoms with Crippen LogP contribution >= 0.6 is 0 Å². The lowest BCUT2D eigenvalue weighted by Crippen LogP contribution is -2.24. The number of aryl methyl sites for hydroxylation is 1. The summed E-state index contributed by atoms with van der Waals surface area (Å²) in [5.74, 6) is 0.178. The van der Waals surface area contributed by atoms with Crippen LogP contribution in [0.25, 0.3) is 0 Å². The Bertz CT molecular complexity index is 566. The second kappa shape index (κ2) is 9.42. The standard InChI is InChI=1S/C19H29N3O2/c1-2-14-10-11-16(13-17(14)22-18(23)9-6-12-20)21-19(24)15-7-4-3-5-8-15/h10-11,13,15H,2-9,12,20H2,1H3,(H,21,24)(H,22,23). The molecule has 0 bridgehead atoms. The average Bonchev–Trinajstić information content (AvgIpc) is 2.61. The van der Waals surface area contributed by atoms with E-state index >= 15 is 0 Å². The minimum atomic E-state index is -0.0362. The van der Waals surface area contributed by atoms with Gasteiger partial charge in [0.05, 0.1) is 0 Å². The number of carbonyl (C=O) groups excluding carboxylic acids is 2. The molecule has 1 aromatic rings. The quantitative estimate of drug-likeness (QED) is 0.715. The lowest BCUT2D eigenvalue weighted by atomic mass is 9.88. The molecule has 4 N–H and O–H groups in total. The summed E-state index contributed by atoms with van der Waals surface area (Å²) in [6.45, 7) is 2.55. The smallest absolute Gasteiger partial charge is 0.227 e. The highest BCUT2D eigenvalue weighted by Gasteiger charge is 2.21. The van der Waals surface area contributed by atoms with E-state index in [9.17, 15) is 9.59 Å². The Morgan fingerprint density at radius 3 is 2.58 bits per heavy atom. The van der Waals surface area contributed by atoms with E-state index in [4.69, 9.17) is 5.73 Å². The van der Waals surface area contributed by atoms with Crippen LogP contribution in [0.15, 0.2) is 18.2 Å². The Hall–Kier alpha value is -1.88. The van der Waals surface area contributed by atoms with E-state index in [-0.39, 0.29) is 17.7 Å². The molecule has 2 amide bonds. The van der Waals surface area contributed by atoms with Crippen LogP contribution in [0.4, 0.5) is 11.4 Å². The number of anilines is 2. The van der Waals surface area contributed by atoms with Crippen molar-refractivity contribution in [1.29, 1.82) is 0 Å². The van der Waals surface area contributed by atoms with Crippen molar-refractivity contribution in [2.45, 2.75) is 58.3 Å². The zero-order valence-corrected chi connectivity index (χ0v) is 14.6. The van der Waals surface area contributed by atoms with Gasteiger partial charge < -0.3 is 16.4 Å². The van der Waals surface area contributed by atoms with E-state index in [1.165, 1.54) is 6.42 Å². The van der Waals surface area contributed by atoms with E-state index in [0.717, 1.165) is 49.0 Å². The maximum Gasteiger partial charge on any atom is 0.227 e. The molecule has 0 heterocycles. The van der Waals surface area contributed by atoms with Crippen molar-refractivity contribution >= 4 is 23.2 Å². The highest BCUT2D eigenvalue weighted by molar-refractivity contribution is 5.95. The van der Waals surface area contributed by atoms with E-state index in [1.807, 2.05) is 25.1 Å². The number of nitrogens with one attached hydrogen (secondary N) is 2. The topological polar surface area (TPSA) is 84.2 Å². The first-order chi connectivity index (χ1) is 11.6. The fourth-order valence-electron chi connectivity index (χ4n) is 3.16. The molecule has 0 atom stereocenters. The van der Waals surface area contributed by atoms with Crippen LogP contribution < -0.4 is 16.4 Å². The molecule has 5 nitrogen and oxygen atoms in total. The molecule has 0 saturated heterocycles. The Balaban J connectivity index is 2.03. The molecular weight excluding hydrogens is 302 g/mol. The molecule has 1 aliphatic carbocycles. The first-order valence-corrected chi connectivity index (χ1v) is 9.07. The zero-order chi connectivity index (χ0) is 17.4. The van der Waals surface area contributed by atoms with E-state index < -0.39 is 0 Å². The summed E-state index contributed by atoms with van der Waals surface area (Å²) in [6, 6.07) is 5.74. The van der Waals surface area contributed by atoms with Crippen molar-refractivity contribution in [2.24, 2.45) is 11.7 Å². The molecule has 0 unspecified atom stereocenters. The van der Waals surface area contributed by atoms with Crippen molar-refractivity contribution in [3.8, 4) is 0 Å². The zero-order valence-electron chi connectivity index (χ0n) is 14.6. The highest BCUT2D eigenvalue weighted by Crippen LogP contribution is 2.26. The summed E-state index contributed by atoms with van der Waals surface area (Å²) in [7, 11) is 0. The lowest BCUT2D eigenvalue weighted by molar-refractivity contribution is -0.120. The number of hydrogen-bond donors (Lipinski definition) is 3. The summed E-state index contributed by atoms with van der Waals surface area (Å²) in [6.07, 6.45) is 7.36. The third kappa shape index (κ3) is 5.34. The number of carbonyl (C=O) groups is 2. The van der Waals surface area contributed by atoms with Gasteiger partial charge in [-0.15, -0.1) is 0 Å². The Morgan fingerprint density at radius 2 is 1.92 bits per heavy atom. The summed E-state index contributed by atoms with van der Waals surface area (Å²) in [5.41, 5.74) is 8.04. The molecule has 1 aliphatic rings. The largest absolute Gasteiger partial charge is 0.330 e. The summed E-state index contributed by atoms with van der Waals surface area (Å²) in [5, 5.41) is 5.95. The van der Waals surface area contributed by atoms with Gasteiger partial charge in [-0.3, -0.25) is 9.59 Å². The molecule has 24 heavy (non-hydrogen) atoms.